The maximum atomic E-state index is 10.9. The molecule has 0 bridgehead atoms. The molecule has 2 atom stereocenters. The van der Waals surface area contributed by atoms with Gasteiger partial charge in [0.1, 0.15) is 12.4 Å². The molecule has 2 N–H and O–H groups in total. The summed E-state index contributed by atoms with van der Waals surface area (Å²) in [6, 6.07) is 25.7. The lowest BCUT2D eigenvalue weighted by Gasteiger charge is -2.26. The minimum atomic E-state index is -0.561. The zero-order chi connectivity index (χ0) is 20.9. The van der Waals surface area contributed by atoms with Crippen LogP contribution in [0.15, 0.2) is 85.1 Å². The monoisotopic (exact) mass is 420 g/mol. The van der Waals surface area contributed by atoms with Gasteiger partial charge in [-0.1, -0.05) is 54.1 Å². The lowest BCUT2D eigenvalue weighted by Crippen LogP contribution is -2.33. The molecular formula is C25H25ClN2O2. The predicted molar refractivity (Wildman–Crippen MR) is 122 cm³/mol. The smallest absolute Gasteiger partial charge is 0.120 e. The maximum Gasteiger partial charge on any atom is 0.120 e. The number of nitrogens with zero attached hydrogens (tertiary/aromatic N) is 1. The van der Waals surface area contributed by atoms with E-state index in [4.69, 9.17) is 16.3 Å². The summed E-state index contributed by atoms with van der Waals surface area (Å²) in [5.74, 6) is 0.808. The fraction of sp³-hybridized carbons (Fsp3) is 0.200. The number of fused-ring (bicyclic) bond motifs is 1. The van der Waals surface area contributed by atoms with E-state index in [0.717, 1.165) is 32.8 Å². The van der Waals surface area contributed by atoms with E-state index in [2.05, 4.69) is 34.1 Å². The Labute approximate surface area is 181 Å². The number of aromatic nitrogens is 1. The predicted octanol–water partition coefficient (Wildman–Crippen LogP) is 5.04. The third-order valence-electron chi connectivity index (χ3n) is 5.23. The Morgan fingerprint density at radius 2 is 1.77 bits per heavy atom. The first-order valence-electron chi connectivity index (χ1n) is 10.0. The number of nitrogens with one attached hydrogen (secondary N) is 1. The molecule has 0 saturated heterocycles. The Kier molecular flexibility index (Phi) is 6.38. The summed E-state index contributed by atoms with van der Waals surface area (Å²) in [5.41, 5.74) is 3.19. The Bertz CT molecular complexity index is 1090. The third-order valence-corrected chi connectivity index (χ3v) is 5.48. The van der Waals surface area contributed by atoms with Gasteiger partial charge < -0.3 is 19.7 Å². The topological polar surface area (TPSA) is 46.4 Å². The third kappa shape index (κ3) is 4.51. The molecule has 5 heteroatoms. The number of aliphatic hydroxyl groups excluding tert-OH is 1. The second-order valence-electron chi connectivity index (χ2n) is 7.34. The van der Waals surface area contributed by atoms with Gasteiger partial charge in [-0.2, -0.15) is 0 Å². The van der Waals surface area contributed by atoms with Crippen molar-refractivity contribution in [3.8, 4) is 5.75 Å². The Morgan fingerprint density at radius 3 is 2.50 bits per heavy atom. The Balaban J connectivity index is 1.60. The highest BCUT2D eigenvalue weighted by molar-refractivity contribution is 6.30. The van der Waals surface area contributed by atoms with Crippen LogP contribution < -0.4 is 10.1 Å². The van der Waals surface area contributed by atoms with E-state index in [1.807, 2.05) is 67.8 Å². The summed E-state index contributed by atoms with van der Waals surface area (Å²) >= 11 is 5.94. The molecule has 0 spiro atoms. The number of rotatable bonds is 8. The molecular weight excluding hydrogens is 396 g/mol. The molecule has 0 aliphatic rings. The van der Waals surface area contributed by atoms with Crippen molar-refractivity contribution in [1.29, 1.82) is 0 Å². The van der Waals surface area contributed by atoms with Gasteiger partial charge in [-0.05, 0) is 54.6 Å². The second kappa shape index (κ2) is 9.35. The van der Waals surface area contributed by atoms with E-state index in [0.29, 0.717) is 13.2 Å². The Morgan fingerprint density at radius 1 is 1.00 bits per heavy atom. The summed E-state index contributed by atoms with van der Waals surface area (Å²) in [6.07, 6.45) is 1.47. The molecule has 0 fully saturated rings. The van der Waals surface area contributed by atoms with Crippen LogP contribution in [0.5, 0.6) is 5.75 Å². The number of halogens is 1. The molecule has 0 amide bonds. The summed E-state index contributed by atoms with van der Waals surface area (Å²) in [7, 11) is 1.85. The van der Waals surface area contributed by atoms with Crippen LogP contribution in [-0.4, -0.2) is 29.4 Å². The highest BCUT2D eigenvalue weighted by atomic mass is 35.5. The van der Waals surface area contributed by atoms with Crippen molar-refractivity contribution in [2.75, 3.05) is 13.6 Å². The molecule has 1 aromatic heterocycles. The molecule has 30 heavy (non-hydrogen) atoms. The summed E-state index contributed by atoms with van der Waals surface area (Å²) in [6.45, 7) is 0.985. The van der Waals surface area contributed by atoms with E-state index in [1.54, 1.807) is 0 Å². The molecule has 154 valence electrons. The van der Waals surface area contributed by atoms with Crippen molar-refractivity contribution in [3.63, 3.8) is 0 Å². The highest BCUT2D eigenvalue weighted by Crippen LogP contribution is 2.30. The number of ether oxygens (including phenoxy) is 1. The number of hydrogen-bond acceptors (Lipinski definition) is 3. The minimum Gasteiger partial charge on any atom is -0.489 e. The molecule has 0 saturated carbocycles. The standard InChI is InChI=1S/C25H25ClN2O2/c1-27-16-24(29)25(19-5-3-2-4-6-19)28-14-13-20-15-22(11-12-23(20)28)30-17-18-7-9-21(26)10-8-18/h2-15,24-25,27,29H,16-17H2,1H3. The average Bonchev–Trinajstić information content (AvgIpc) is 3.17. The first-order valence-corrected chi connectivity index (χ1v) is 10.4. The highest BCUT2D eigenvalue weighted by Gasteiger charge is 2.23. The summed E-state index contributed by atoms with van der Waals surface area (Å²) in [5, 5.41) is 15.7. The van der Waals surface area contributed by atoms with Crippen LogP contribution in [0.4, 0.5) is 0 Å². The van der Waals surface area contributed by atoms with Crippen LogP contribution in [0.1, 0.15) is 17.2 Å². The van der Waals surface area contributed by atoms with Crippen LogP contribution in [-0.2, 0) is 6.61 Å². The fourth-order valence-corrected chi connectivity index (χ4v) is 3.89. The molecule has 4 nitrogen and oxygen atoms in total. The normalized spacial score (nSPS) is 13.3. The molecule has 0 aliphatic heterocycles. The van der Waals surface area contributed by atoms with Gasteiger partial charge in [0.25, 0.3) is 0 Å². The molecule has 0 radical (unpaired) electrons. The number of benzene rings is 3. The lowest BCUT2D eigenvalue weighted by molar-refractivity contribution is 0.132. The molecule has 0 aliphatic carbocycles. The van der Waals surface area contributed by atoms with E-state index in [1.165, 1.54) is 0 Å². The lowest BCUT2D eigenvalue weighted by atomic mass is 10.0. The quantitative estimate of drug-likeness (QED) is 0.419. The Hall–Kier alpha value is -2.79. The maximum absolute atomic E-state index is 10.9. The average molecular weight is 421 g/mol. The molecule has 1 heterocycles. The fourth-order valence-electron chi connectivity index (χ4n) is 3.76. The minimum absolute atomic E-state index is 0.183. The number of hydrogen-bond donors (Lipinski definition) is 2. The van der Waals surface area contributed by atoms with E-state index in [9.17, 15) is 5.11 Å². The van der Waals surface area contributed by atoms with Crippen LogP contribution in [0, 0.1) is 0 Å². The second-order valence-corrected chi connectivity index (χ2v) is 7.78. The van der Waals surface area contributed by atoms with Gasteiger partial charge in [-0.25, -0.2) is 0 Å². The largest absolute Gasteiger partial charge is 0.489 e. The first kappa shape index (κ1) is 20.5. The van der Waals surface area contributed by atoms with Crippen molar-refractivity contribution < 1.29 is 9.84 Å². The molecule has 3 aromatic carbocycles. The zero-order valence-corrected chi connectivity index (χ0v) is 17.6. The van der Waals surface area contributed by atoms with E-state index >= 15 is 0 Å². The molecule has 4 rings (SSSR count). The van der Waals surface area contributed by atoms with Gasteiger partial charge in [-0.3, -0.25) is 0 Å². The van der Waals surface area contributed by atoms with Crippen molar-refractivity contribution in [2.24, 2.45) is 0 Å². The SMILES string of the molecule is CNCC(O)C(c1ccccc1)n1ccc2cc(OCc3ccc(Cl)cc3)ccc21. The van der Waals surface area contributed by atoms with Crippen molar-refractivity contribution in [1.82, 2.24) is 9.88 Å². The zero-order valence-electron chi connectivity index (χ0n) is 16.8. The van der Waals surface area contributed by atoms with Crippen molar-refractivity contribution in [3.05, 3.63) is 101 Å². The van der Waals surface area contributed by atoms with Gasteiger partial charge in [0.2, 0.25) is 0 Å². The van der Waals surface area contributed by atoms with Crippen LogP contribution in [0.3, 0.4) is 0 Å². The summed E-state index contributed by atoms with van der Waals surface area (Å²) < 4.78 is 8.10. The molecule has 2 unspecified atom stereocenters. The summed E-state index contributed by atoms with van der Waals surface area (Å²) in [4.78, 5) is 0. The van der Waals surface area contributed by atoms with Crippen molar-refractivity contribution >= 4 is 22.5 Å². The number of aliphatic hydroxyl groups is 1. The van der Waals surface area contributed by atoms with Gasteiger partial charge in [0.15, 0.2) is 0 Å². The molecule has 4 aromatic rings. The van der Waals surface area contributed by atoms with Gasteiger partial charge in [-0.15, -0.1) is 0 Å². The van der Waals surface area contributed by atoms with E-state index in [-0.39, 0.29) is 6.04 Å². The number of likely N-dealkylation sites (N-methyl/N-ethyl adjacent to an activating group) is 1. The first-order chi connectivity index (χ1) is 14.7. The van der Waals surface area contributed by atoms with Crippen molar-refractivity contribution in [2.45, 2.75) is 18.8 Å². The van der Waals surface area contributed by atoms with Crippen LogP contribution >= 0.6 is 11.6 Å². The van der Waals surface area contributed by atoms with Gasteiger partial charge >= 0.3 is 0 Å². The van der Waals surface area contributed by atoms with Crippen LogP contribution in [0.25, 0.3) is 10.9 Å². The van der Waals surface area contributed by atoms with Gasteiger partial charge in [0, 0.05) is 28.7 Å². The van der Waals surface area contributed by atoms with Gasteiger partial charge in [0.05, 0.1) is 12.1 Å². The van der Waals surface area contributed by atoms with E-state index < -0.39 is 6.10 Å². The van der Waals surface area contributed by atoms with Crippen LogP contribution in [0.2, 0.25) is 5.02 Å².